The molecule has 1 fully saturated rings. The monoisotopic (exact) mass is 295 g/mol. The van der Waals surface area contributed by atoms with E-state index in [-0.39, 0.29) is 11.5 Å². The van der Waals surface area contributed by atoms with Gasteiger partial charge >= 0.3 is 5.97 Å². The normalized spacial score (nSPS) is 14.9. The molecule has 0 spiro atoms. The first-order valence-corrected chi connectivity index (χ1v) is 6.75. The van der Waals surface area contributed by atoms with Gasteiger partial charge in [0.15, 0.2) is 11.5 Å². The van der Waals surface area contributed by atoms with E-state index in [4.69, 9.17) is 14.6 Å². The summed E-state index contributed by atoms with van der Waals surface area (Å²) in [5.41, 5.74) is -0.908. The summed E-state index contributed by atoms with van der Waals surface area (Å²) in [6, 6.07) is 2.25. The third-order valence-corrected chi connectivity index (χ3v) is 3.66. The van der Waals surface area contributed by atoms with E-state index < -0.39 is 22.1 Å². The van der Waals surface area contributed by atoms with Crippen molar-refractivity contribution < 1.29 is 24.3 Å². The number of hydrogen-bond acceptors (Lipinski definition) is 5. The highest BCUT2D eigenvalue weighted by molar-refractivity contribution is 5.93. The van der Waals surface area contributed by atoms with Crippen molar-refractivity contribution in [1.82, 2.24) is 0 Å². The number of methoxy groups -OCH3 is 1. The lowest BCUT2D eigenvalue weighted by atomic mass is 10.1. The molecular weight excluding hydrogens is 278 g/mol. The average molecular weight is 295 g/mol. The lowest BCUT2D eigenvalue weighted by Gasteiger charge is -2.14. The number of carboxylic acid groups (broad SMARTS) is 1. The van der Waals surface area contributed by atoms with Crippen molar-refractivity contribution in [2.75, 3.05) is 13.7 Å². The van der Waals surface area contributed by atoms with Crippen molar-refractivity contribution in [2.45, 2.75) is 25.7 Å². The molecule has 0 aromatic heterocycles. The lowest BCUT2D eigenvalue weighted by Crippen LogP contribution is -2.10. The van der Waals surface area contributed by atoms with Gasteiger partial charge in [-0.05, 0) is 18.8 Å². The van der Waals surface area contributed by atoms with Crippen LogP contribution in [-0.2, 0) is 0 Å². The molecule has 0 saturated heterocycles. The van der Waals surface area contributed by atoms with E-state index in [1.165, 1.54) is 20.0 Å². The topological polar surface area (TPSA) is 98.9 Å². The molecule has 1 saturated carbocycles. The first kappa shape index (κ1) is 15.1. The van der Waals surface area contributed by atoms with Crippen molar-refractivity contribution >= 4 is 11.7 Å². The quantitative estimate of drug-likeness (QED) is 0.640. The van der Waals surface area contributed by atoms with Crippen LogP contribution < -0.4 is 9.47 Å². The minimum atomic E-state index is -1.37. The summed E-state index contributed by atoms with van der Waals surface area (Å²) in [5, 5.41) is 20.0. The standard InChI is InChI=1S/C14H17NO6/c1-20-12-6-10(14(16)17)11(15(18)19)7-13(12)21-8-9-4-2-3-5-9/h6-7,9H,2-5,8H2,1H3,(H,16,17). The van der Waals surface area contributed by atoms with Gasteiger partial charge in [0.05, 0.1) is 24.7 Å². The maximum absolute atomic E-state index is 11.1. The molecule has 0 unspecified atom stereocenters. The Hall–Kier alpha value is -2.31. The second kappa shape index (κ2) is 6.43. The van der Waals surface area contributed by atoms with E-state index in [0.29, 0.717) is 12.5 Å². The van der Waals surface area contributed by atoms with Crippen LogP contribution in [0.15, 0.2) is 12.1 Å². The lowest BCUT2D eigenvalue weighted by molar-refractivity contribution is -0.385. The van der Waals surface area contributed by atoms with E-state index in [1.54, 1.807) is 0 Å². The summed E-state index contributed by atoms with van der Waals surface area (Å²) in [5.74, 6) is -0.535. The molecule has 0 amide bonds. The Labute approximate surface area is 121 Å². The zero-order valence-corrected chi connectivity index (χ0v) is 11.7. The number of benzene rings is 1. The zero-order valence-electron chi connectivity index (χ0n) is 11.7. The minimum Gasteiger partial charge on any atom is -0.493 e. The van der Waals surface area contributed by atoms with Gasteiger partial charge in [-0.2, -0.15) is 0 Å². The van der Waals surface area contributed by atoms with Crippen LogP contribution >= 0.6 is 0 Å². The van der Waals surface area contributed by atoms with Crippen molar-refractivity contribution in [1.29, 1.82) is 0 Å². The Kier molecular flexibility index (Phi) is 4.62. The van der Waals surface area contributed by atoms with Gasteiger partial charge in [-0.15, -0.1) is 0 Å². The molecule has 1 aromatic rings. The van der Waals surface area contributed by atoms with Crippen LogP contribution in [0, 0.1) is 16.0 Å². The SMILES string of the molecule is COc1cc(C(=O)O)c([N+](=O)[O-])cc1OCC1CCCC1. The maximum atomic E-state index is 11.1. The summed E-state index contributed by atoms with van der Waals surface area (Å²) in [4.78, 5) is 21.3. The van der Waals surface area contributed by atoms with Gasteiger partial charge in [0.2, 0.25) is 0 Å². The Balaban J connectivity index is 2.27. The summed E-state index contributed by atoms with van der Waals surface area (Å²) >= 11 is 0. The Morgan fingerprint density at radius 2 is 2.05 bits per heavy atom. The Morgan fingerprint density at radius 1 is 1.38 bits per heavy atom. The van der Waals surface area contributed by atoms with E-state index in [1.807, 2.05) is 0 Å². The number of nitro benzene ring substituents is 1. The fourth-order valence-corrected chi connectivity index (χ4v) is 2.53. The number of carboxylic acids is 1. The van der Waals surface area contributed by atoms with Crippen LogP contribution in [-0.4, -0.2) is 29.7 Å². The average Bonchev–Trinajstić information content (AvgIpc) is 2.97. The number of aromatic carboxylic acids is 1. The van der Waals surface area contributed by atoms with Gasteiger partial charge in [-0.3, -0.25) is 10.1 Å². The van der Waals surface area contributed by atoms with E-state index in [9.17, 15) is 14.9 Å². The number of hydrogen-bond donors (Lipinski definition) is 1. The van der Waals surface area contributed by atoms with Crippen LogP contribution in [0.3, 0.4) is 0 Å². The molecule has 0 bridgehead atoms. The highest BCUT2D eigenvalue weighted by Gasteiger charge is 2.25. The van der Waals surface area contributed by atoms with Gasteiger partial charge in [0.25, 0.3) is 5.69 Å². The molecule has 0 heterocycles. The largest absolute Gasteiger partial charge is 0.493 e. The number of rotatable bonds is 6. The number of carbonyl (C=O) groups is 1. The molecule has 1 aliphatic rings. The maximum Gasteiger partial charge on any atom is 0.342 e. The van der Waals surface area contributed by atoms with Crippen molar-refractivity contribution in [3.05, 3.63) is 27.8 Å². The highest BCUT2D eigenvalue weighted by Crippen LogP contribution is 2.36. The van der Waals surface area contributed by atoms with Crippen molar-refractivity contribution in [3.63, 3.8) is 0 Å². The van der Waals surface area contributed by atoms with Gasteiger partial charge < -0.3 is 14.6 Å². The molecule has 7 nitrogen and oxygen atoms in total. The highest BCUT2D eigenvalue weighted by atomic mass is 16.6. The smallest absolute Gasteiger partial charge is 0.342 e. The van der Waals surface area contributed by atoms with Gasteiger partial charge in [-0.1, -0.05) is 12.8 Å². The van der Waals surface area contributed by atoms with Crippen LogP contribution in [0.4, 0.5) is 5.69 Å². The molecule has 21 heavy (non-hydrogen) atoms. The third kappa shape index (κ3) is 3.42. The van der Waals surface area contributed by atoms with Crippen LogP contribution in [0.5, 0.6) is 11.5 Å². The molecule has 0 aliphatic heterocycles. The molecule has 7 heteroatoms. The molecule has 2 rings (SSSR count). The second-order valence-electron chi connectivity index (χ2n) is 5.04. The molecular formula is C14H17NO6. The third-order valence-electron chi connectivity index (χ3n) is 3.66. The van der Waals surface area contributed by atoms with E-state index in [0.717, 1.165) is 25.0 Å². The summed E-state index contributed by atoms with van der Waals surface area (Å²) in [6.07, 6.45) is 4.50. The minimum absolute atomic E-state index is 0.191. The van der Waals surface area contributed by atoms with Crippen LogP contribution in [0.1, 0.15) is 36.0 Å². The summed E-state index contributed by atoms with van der Waals surface area (Å²) in [7, 11) is 1.37. The fraction of sp³-hybridized carbons (Fsp3) is 0.500. The predicted octanol–water partition coefficient (Wildman–Crippen LogP) is 2.87. The van der Waals surface area contributed by atoms with Gasteiger partial charge in [-0.25, -0.2) is 4.79 Å². The van der Waals surface area contributed by atoms with Crippen molar-refractivity contribution in [2.24, 2.45) is 5.92 Å². The number of nitrogens with zero attached hydrogens (tertiary/aromatic N) is 1. The summed E-state index contributed by atoms with van der Waals surface area (Å²) < 4.78 is 10.7. The van der Waals surface area contributed by atoms with Gasteiger partial charge in [0.1, 0.15) is 5.56 Å². The van der Waals surface area contributed by atoms with Crippen molar-refractivity contribution in [3.8, 4) is 11.5 Å². The fourth-order valence-electron chi connectivity index (χ4n) is 2.53. The van der Waals surface area contributed by atoms with E-state index >= 15 is 0 Å². The first-order chi connectivity index (χ1) is 10.0. The molecule has 1 aromatic carbocycles. The van der Waals surface area contributed by atoms with Crippen LogP contribution in [0.25, 0.3) is 0 Å². The molecule has 114 valence electrons. The Morgan fingerprint density at radius 3 is 2.57 bits per heavy atom. The molecule has 0 radical (unpaired) electrons. The second-order valence-corrected chi connectivity index (χ2v) is 5.04. The molecule has 1 N–H and O–H groups in total. The van der Waals surface area contributed by atoms with Gasteiger partial charge in [0, 0.05) is 6.07 Å². The predicted molar refractivity (Wildman–Crippen MR) is 74.1 cm³/mol. The van der Waals surface area contributed by atoms with Crippen LogP contribution in [0.2, 0.25) is 0 Å². The number of nitro groups is 1. The first-order valence-electron chi connectivity index (χ1n) is 6.75. The summed E-state index contributed by atoms with van der Waals surface area (Å²) in [6.45, 7) is 0.458. The zero-order chi connectivity index (χ0) is 15.4. The number of ether oxygens (including phenoxy) is 2. The molecule has 1 aliphatic carbocycles. The molecule has 0 atom stereocenters. The Bertz CT molecular complexity index is 551. The van der Waals surface area contributed by atoms with E-state index in [2.05, 4.69) is 0 Å².